The molecule has 0 spiro atoms. The maximum absolute atomic E-state index is 14.1. The molecule has 14 heteroatoms. The molecule has 0 N–H and O–H groups in total. The van der Waals surface area contributed by atoms with Gasteiger partial charge in [0.2, 0.25) is 0 Å². The molecule has 0 radical (unpaired) electrons. The third-order valence-electron chi connectivity index (χ3n) is 4.68. The van der Waals surface area contributed by atoms with E-state index < -0.39 is 27.9 Å². The fourth-order valence-corrected chi connectivity index (χ4v) is 3.89. The molecule has 0 atom stereocenters. The zero-order valence-corrected chi connectivity index (χ0v) is 17.3. The minimum Gasteiger partial charge on any atom is -0.390 e. The zero-order chi connectivity index (χ0) is 22.4. The minimum atomic E-state index is -0.754. The minimum absolute atomic E-state index is 0.0789. The maximum atomic E-state index is 14.1. The molecule has 0 unspecified atom stereocenters. The predicted molar refractivity (Wildman–Crippen MR) is 107 cm³/mol. The average molecular weight is 446 g/mol. The molecule has 4 aromatic rings. The number of benzene rings is 1. The number of imidazole rings is 1. The molecule has 0 aliphatic heterocycles. The number of nitrogens with zero attached hydrogens (tertiary/aromatic N) is 8. The Morgan fingerprint density at radius 3 is 2.45 bits per heavy atom. The lowest BCUT2D eigenvalue weighted by atomic mass is 10.2. The summed E-state index contributed by atoms with van der Waals surface area (Å²) in [5.41, 5.74) is -0.454. The largest absolute Gasteiger partial charge is 0.492 e. The second kappa shape index (κ2) is 7.46. The van der Waals surface area contributed by atoms with Crippen molar-refractivity contribution in [1.29, 1.82) is 0 Å². The molecule has 3 aromatic heterocycles. The van der Waals surface area contributed by atoms with Crippen molar-refractivity contribution in [1.82, 2.24) is 33.4 Å². The number of hydrogen-bond donors (Lipinski definition) is 0. The second-order valence-corrected chi connectivity index (χ2v) is 7.57. The fourth-order valence-electron chi connectivity index (χ4n) is 3.03. The van der Waals surface area contributed by atoms with E-state index in [9.17, 15) is 24.1 Å². The van der Waals surface area contributed by atoms with E-state index in [0.29, 0.717) is 0 Å². The monoisotopic (exact) mass is 446 g/mol. The smallest absolute Gasteiger partial charge is 0.390 e. The van der Waals surface area contributed by atoms with Gasteiger partial charge >= 0.3 is 11.6 Å². The molecule has 160 valence electrons. The first-order chi connectivity index (χ1) is 14.7. The van der Waals surface area contributed by atoms with Gasteiger partial charge in [-0.15, -0.1) is 0 Å². The number of nitro groups is 1. The summed E-state index contributed by atoms with van der Waals surface area (Å²) in [7, 11) is 4.42. The second-order valence-electron chi connectivity index (χ2n) is 6.63. The molecular formula is C17H15FN8O4S. The van der Waals surface area contributed by atoms with Crippen LogP contribution in [0.5, 0.6) is 0 Å². The predicted octanol–water partition coefficient (Wildman–Crippen LogP) is 0.809. The molecule has 0 aliphatic carbocycles. The first-order valence-electron chi connectivity index (χ1n) is 8.82. The third kappa shape index (κ3) is 3.39. The molecule has 0 saturated heterocycles. The van der Waals surface area contributed by atoms with Crippen molar-refractivity contribution in [3.8, 4) is 0 Å². The highest BCUT2D eigenvalue weighted by Gasteiger charge is 2.26. The lowest BCUT2D eigenvalue weighted by Crippen LogP contribution is -2.37. The van der Waals surface area contributed by atoms with Gasteiger partial charge in [-0.05, 0) is 16.0 Å². The van der Waals surface area contributed by atoms with E-state index >= 15 is 0 Å². The Bertz CT molecular complexity index is 1470. The van der Waals surface area contributed by atoms with Gasteiger partial charge in [-0.1, -0.05) is 18.2 Å². The van der Waals surface area contributed by atoms with Gasteiger partial charge in [-0.2, -0.15) is 4.68 Å². The third-order valence-corrected chi connectivity index (χ3v) is 5.72. The summed E-state index contributed by atoms with van der Waals surface area (Å²) in [6.45, 7) is -0.0972. The summed E-state index contributed by atoms with van der Waals surface area (Å²) < 4.78 is 18.9. The summed E-state index contributed by atoms with van der Waals surface area (Å²) in [6, 6.07) is 5.97. The topological polar surface area (TPSA) is 136 Å². The number of halogens is 1. The van der Waals surface area contributed by atoms with E-state index in [1.54, 1.807) is 13.1 Å². The molecule has 1 aromatic carbocycles. The summed E-state index contributed by atoms with van der Waals surface area (Å²) in [5, 5.41) is 15.4. The van der Waals surface area contributed by atoms with Crippen LogP contribution in [0.25, 0.3) is 11.2 Å². The molecule has 12 nitrogen and oxygen atoms in total. The summed E-state index contributed by atoms with van der Waals surface area (Å²) in [4.78, 5) is 43.4. The van der Waals surface area contributed by atoms with Gasteiger partial charge < -0.3 is 14.7 Å². The molecule has 0 bridgehead atoms. The molecule has 0 amide bonds. The normalized spacial score (nSPS) is 11.4. The van der Waals surface area contributed by atoms with Crippen LogP contribution in [0.4, 0.5) is 10.3 Å². The summed E-state index contributed by atoms with van der Waals surface area (Å²) >= 11 is 0.910. The molecule has 31 heavy (non-hydrogen) atoms. The van der Waals surface area contributed by atoms with E-state index in [4.69, 9.17) is 0 Å². The number of rotatable bonds is 5. The lowest BCUT2D eigenvalue weighted by Gasteiger charge is -2.04. The Balaban J connectivity index is 1.83. The van der Waals surface area contributed by atoms with Gasteiger partial charge in [0.1, 0.15) is 5.82 Å². The molecule has 0 saturated carbocycles. The zero-order valence-electron chi connectivity index (χ0n) is 16.5. The first-order valence-corrected chi connectivity index (χ1v) is 9.63. The van der Waals surface area contributed by atoms with Crippen LogP contribution in [0.2, 0.25) is 0 Å². The van der Waals surface area contributed by atoms with Crippen LogP contribution in [0.3, 0.4) is 0 Å². The first kappa shape index (κ1) is 20.5. The standard InChI is InChI=1S/C17H15FN8O4S/c1-22-11-12(23(2)17(28)24(3)13(11)27)19-15(22)31-16-20-14(26(29)30)21-25(16)8-9-6-4-5-7-10(9)18/h4-7H,8H2,1-3H3. The van der Waals surface area contributed by atoms with E-state index in [1.165, 1.54) is 46.1 Å². The quantitative estimate of drug-likeness (QED) is 0.325. The Kier molecular flexibility index (Phi) is 4.93. The highest BCUT2D eigenvalue weighted by atomic mass is 32.2. The van der Waals surface area contributed by atoms with Gasteiger partial charge in [0, 0.05) is 43.6 Å². The average Bonchev–Trinajstić information content (AvgIpc) is 3.28. The van der Waals surface area contributed by atoms with Gasteiger partial charge in [-0.3, -0.25) is 13.9 Å². The molecule has 0 aliphatic rings. The molecule has 3 heterocycles. The van der Waals surface area contributed by atoms with Crippen molar-refractivity contribution in [2.75, 3.05) is 0 Å². The number of aromatic nitrogens is 7. The van der Waals surface area contributed by atoms with Crippen molar-refractivity contribution in [2.24, 2.45) is 21.1 Å². The molecule has 4 rings (SSSR count). The van der Waals surface area contributed by atoms with Gasteiger partial charge in [0.15, 0.2) is 16.3 Å². The Morgan fingerprint density at radius 2 is 1.77 bits per heavy atom. The van der Waals surface area contributed by atoms with Crippen molar-refractivity contribution in [3.63, 3.8) is 0 Å². The number of fused-ring (bicyclic) bond motifs is 1. The summed E-state index contributed by atoms with van der Waals surface area (Å²) in [5.74, 6) is -1.14. The van der Waals surface area contributed by atoms with Crippen molar-refractivity contribution < 1.29 is 9.31 Å². The number of aryl methyl sites for hydroxylation is 2. The van der Waals surface area contributed by atoms with Gasteiger partial charge in [-0.25, -0.2) is 14.2 Å². The van der Waals surface area contributed by atoms with Gasteiger partial charge in [0.25, 0.3) is 10.7 Å². The van der Waals surface area contributed by atoms with E-state index in [0.717, 1.165) is 16.3 Å². The Hall–Kier alpha value is -3.81. The number of hydrogen-bond acceptors (Lipinski definition) is 8. The Morgan fingerprint density at radius 1 is 1.06 bits per heavy atom. The van der Waals surface area contributed by atoms with E-state index in [2.05, 4.69) is 15.1 Å². The van der Waals surface area contributed by atoms with Gasteiger partial charge in [0.05, 0.1) is 6.54 Å². The van der Waals surface area contributed by atoms with Crippen LogP contribution in [0.1, 0.15) is 5.56 Å². The van der Waals surface area contributed by atoms with E-state index in [1.807, 2.05) is 0 Å². The SMILES string of the molecule is Cn1c(=O)c2c(nc(Sc3nc([N+](=O)[O-])nn3Cc3ccccc3F)n2C)n(C)c1=O. The van der Waals surface area contributed by atoms with Crippen LogP contribution in [-0.4, -0.2) is 38.4 Å². The van der Waals surface area contributed by atoms with E-state index in [-0.39, 0.29) is 33.6 Å². The summed E-state index contributed by atoms with van der Waals surface area (Å²) in [6.07, 6.45) is 0. The highest BCUT2D eigenvalue weighted by molar-refractivity contribution is 7.99. The van der Waals surface area contributed by atoms with Crippen molar-refractivity contribution >= 4 is 28.9 Å². The van der Waals surface area contributed by atoms with Crippen molar-refractivity contribution in [2.45, 2.75) is 16.9 Å². The maximum Gasteiger partial charge on any atom is 0.492 e. The Labute approximate surface area is 176 Å². The molecule has 0 fully saturated rings. The molecular weight excluding hydrogens is 431 g/mol. The van der Waals surface area contributed by atoms with Crippen LogP contribution >= 0.6 is 11.8 Å². The van der Waals surface area contributed by atoms with Crippen molar-refractivity contribution in [3.05, 3.63) is 66.6 Å². The lowest BCUT2D eigenvalue weighted by molar-refractivity contribution is -0.394. The van der Waals surface area contributed by atoms with Crippen LogP contribution in [0.15, 0.2) is 44.2 Å². The highest BCUT2D eigenvalue weighted by Crippen LogP contribution is 2.29. The fraction of sp³-hybridized carbons (Fsp3) is 0.235. The van der Waals surface area contributed by atoms with Crippen LogP contribution in [0, 0.1) is 15.9 Å². The van der Waals surface area contributed by atoms with Crippen LogP contribution < -0.4 is 11.2 Å². The van der Waals surface area contributed by atoms with Crippen LogP contribution in [-0.2, 0) is 27.7 Å².